The number of furan rings is 1. The van der Waals surface area contributed by atoms with Gasteiger partial charge in [-0.15, -0.1) is 10.2 Å². The maximum absolute atomic E-state index is 14.0. The molecule has 0 radical (unpaired) electrons. The minimum Gasteiger partial charge on any atom is -0.448 e. The van der Waals surface area contributed by atoms with Crippen molar-refractivity contribution in [3.8, 4) is 28.7 Å². The van der Waals surface area contributed by atoms with Crippen LogP contribution in [-0.4, -0.2) is 27.5 Å². The molecule has 8 nitrogen and oxygen atoms in total. The van der Waals surface area contributed by atoms with Gasteiger partial charge >= 0.3 is 0 Å². The quantitative estimate of drug-likeness (QED) is 0.223. The first-order valence-electron chi connectivity index (χ1n) is 13.7. The number of aromatic nitrogens is 2. The number of nitrogens with two attached hydrogens (primary N) is 1. The van der Waals surface area contributed by atoms with E-state index in [1.807, 2.05) is 61.5 Å². The summed E-state index contributed by atoms with van der Waals surface area (Å²) in [6.07, 6.45) is 2.10. The van der Waals surface area contributed by atoms with Gasteiger partial charge < -0.3 is 19.5 Å². The average molecular weight is 578 g/mol. The molecule has 1 aliphatic rings. The summed E-state index contributed by atoms with van der Waals surface area (Å²) >= 11 is 6.04. The molecular weight excluding hydrogens is 550 g/mol. The number of amides is 1. The van der Waals surface area contributed by atoms with Gasteiger partial charge in [0.05, 0.1) is 23.2 Å². The zero-order valence-electron chi connectivity index (χ0n) is 23.0. The molecule has 3 heterocycles. The van der Waals surface area contributed by atoms with Crippen molar-refractivity contribution in [2.45, 2.75) is 37.8 Å². The van der Waals surface area contributed by atoms with E-state index in [1.165, 1.54) is 0 Å². The summed E-state index contributed by atoms with van der Waals surface area (Å²) in [6.45, 7) is 2.42. The first kappa shape index (κ1) is 27.5. The van der Waals surface area contributed by atoms with Crippen LogP contribution >= 0.6 is 11.6 Å². The summed E-state index contributed by atoms with van der Waals surface area (Å²) in [7, 11) is 0. The van der Waals surface area contributed by atoms with Crippen LogP contribution in [0.5, 0.6) is 0 Å². The molecule has 1 amide bonds. The molecule has 6 rings (SSSR count). The van der Waals surface area contributed by atoms with E-state index in [2.05, 4.69) is 16.3 Å². The van der Waals surface area contributed by atoms with Gasteiger partial charge in [0.2, 0.25) is 11.8 Å². The molecular formula is C33H28ClN5O3. The van der Waals surface area contributed by atoms with Crippen LogP contribution in [0.1, 0.15) is 58.9 Å². The minimum atomic E-state index is -0.913. The van der Waals surface area contributed by atoms with Gasteiger partial charge in [-0.3, -0.25) is 4.79 Å². The highest BCUT2D eigenvalue weighted by Crippen LogP contribution is 2.37. The normalized spacial score (nSPS) is 16.2. The van der Waals surface area contributed by atoms with Crippen molar-refractivity contribution >= 4 is 17.5 Å². The van der Waals surface area contributed by atoms with Crippen molar-refractivity contribution in [1.82, 2.24) is 15.1 Å². The Morgan fingerprint density at radius 3 is 2.57 bits per heavy atom. The molecule has 2 atom stereocenters. The maximum Gasteiger partial charge on any atom is 0.254 e. The van der Waals surface area contributed by atoms with Crippen LogP contribution in [0.2, 0.25) is 5.22 Å². The zero-order valence-corrected chi connectivity index (χ0v) is 23.7. The van der Waals surface area contributed by atoms with Crippen molar-refractivity contribution in [3.63, 3.8) is 0 Å². The molecule has 2 unspecified atom stereocenters. The van der Waals surface area contributed by atoms with Gasteiger partial charge in [-0.2, -0.15) is 5.26 Å². The van der Waals surface area contributed by atoms with Crippen LogP contribution in [0.15, 0.2) is 93.8 Å². The van der Waals surface area contributed by atoms with Crippen molar-refractivity contribution in [2.75, 3.05) is 6.54 Å². The lowest BCUT2D eigenvalue weighted by molar-refractivity contribution is 0.0720. The first-order valence-corrected chi connectivity index (χ1v) is 14.1. The molecule has 1 saturated heterocycles. The second-order valence-corrected chi connectivity index (χ2v) is 11.1. The lowest BCUT2D eigenvalue weighted by Gasteiger charge is -2.24. The lowest BCUT2D eigenvalue weighted by Crippen LogP contribution is -2.35. The summed E-state index contributed by atoms with van der Waals surface area (Å²) in [5, 5.41) is 18.7. The predicted molar refractivity (Wildman–Crippen MR) is 158 cm³/mol. The number of nitrogens with zero attached hydrogens (tertiary/aromatic N) is 4. The smallest absolute Gasteiger partial charge is 0.254 e. The molecule has 0 bridgehead atoms. The largest absolute Gasteiger partial charge is 0.448 e. The van der Waals surface area contributed by atoms with Crippen molar-refractivity contribution in [2.24, 2.45) is 5.73 Å². The third-order valence-corrected chi connectivity index (χ3v) is 7.75. The fraction of sp³-hybridized carbons (Fsp3) is 0.212. The molecule has 0 saturated carbocycles. The Balaban J connectivity index is 1.40. The number of halogens is 1. The lowest BCUT2D eigenvalue weighted by atomic mass is 9.94. The molecule has 3 aromatic carbocycles. The third kappa shape index (κ3) is 5.45. The standard InChI is InChI=1S/C33H28ClN5O3/c1-33(36,19-21-8-3-2-4-9-21)32-38-37-30(42-32)24-16-23(26-11-6-5-10-22(26)20-35)17-25(18-24)31(40)39-15-7-12-27(39)28-13-14-29(34)41-28/h2-6,8-11,13-14,16-18,27H,7,12,15,19,36H2,1H3. The molecule has 210 valence electrons. The molecule has 9 heteroatoms. The van der Waals surface area contributed by atoms with Crippen LogP contribution in [0.4, 0.5) is 0 Å². The van der Waals surface area contributed by atoms with Gasteiger partial charge in [0, 0.05) is 17.7 Å². The van der Waals surface area contributed by atoms with Gasteiger partial charge in [-0.25, -0.2) is 0 Å². The summed E-state index contributed by atoms with van der Waals surface area (Å²) in [4.78, 5) is 15.8. The SMILES string of the molecule is CC(N)(Cc1ccccc1)c1nnc(-c2cc(C(=O)N3CCCC3c3ccc(Cl)o3)cc(-c3ccccc3C#N)c2)o1. The number of carbonyl (C=O) groups is 1. The predicted octanol–water partition coefficient (Wildman–Crippen LogP) is 6.92. The van der Waals surface area contributed by atoms with E-state index in [0.717, 1.165) is 18.4 Å². The second-order valence-electron chi connectivity index (χ2n) is 10.7. The molecule has 2 N–H and O–H groups in total. The summed E-state index contributed by atoms with van der Waals surface area (Å²) in [6, 6.07) is 28.0. The number of likely N-dealkylation sites (tertiary alicyclic amines) is 1. The Labute approximate surface area is 248 Å². The van der Waals surface area contributed by atoms with Gasteiger partial charge in [0.1, 0.15) is 5.76 Å². The molecule has 0 spiro atoms. The van der Waals surface area contributed by atoms with E-state index >= 15 is 0 Å². The third-order valence-electron chi connectivity index (χ3n) is 7.55. The van der Waals surface area contributed by atoms with E-state index < -0.39 is 5.54 Å². The van der Waals surface area contributed by atoms with Gasteiger partial charge in [-0.1, -0.05) is 48.5 Å². The van der Waals surface area contributed by atoms with Gasteiger partial charge in [-0.05, 0) is 90.9 Å². The topological polar surface area (TPSA) is 122 Å². The highest BCUT2D eigenvalue weighted by molar-refractivity contribution is 6.28. The number of hydrogen-bond acceptors (Lipinski definition) is 7. The Morgan fingerprint density at radius 2 is 1.81 bits per heavy atom. The van der Waals surface area contributed by atoms with E-state index in [-0.39, 0.29) is 28.9 Å². The van der Waals surface area contributed by atoms with Crippen LogP contribution < -0.4 is 5.73 Å². The van der Waals surface area contributed by atoms with E-state index in [1.54, 1.807) is 35.2 Å². The molecule has 1 aliphatic heterocycles. The molecule has 42 heavy (non-hydrogen) atoms. The molecule has 2 aromatic heterocycles. The van der Waals surface area contributed by atoms with Gasteiger partial charge in [0.15, 0.2) is 5.22 Å². The van der Waals surface area contributed by atoms with Crippen LogP contribution in [0.25, 0.3) is 22.6 Å². The number of benzene rings is 3. The van der Waals surface area contributed by atoms with Crippen molar-refractivity contribution in [1.29, 1.82) is 5.26 Å². The van der Waals surface area contributed by atoms with E-state index in [4.69, 9.17) is 26.2 Å². The van der Waals surface area contributed by atoms with Crippen molar-refractivity contribution < 1.29 is 13.6 Å². The average Bonchev–Trinajstić information content (AvgIpc) is 3.78. The number of carbonyl (C=O) groups excluding carboxylic acids is 1. The minimum absolute atomic E-state index is 0.171. The molecule has 5 aromatic rings. The Kier molecular flexibility index (Phi) is 7.38. The van der Waals surface area contributed by atoms with E-state index in [9.17, 15) is 10.1 Å². The fourth-order valence-corrected chi connectivity index (χ4v) is 5.66. The van der Waals surface area contributed by atoms with Crippen molar-refractivity contribution in [3.05, 3.63) is 118 Å². The first-order chi connectivity index (χ1) is 20.3. The van der Waals surface area contributed by atoms with Crippen LogP contribution in [0.3, 0.4) is 0 Å². The fourth-order valence-electron chi connectivity index (χ4n) is 5.51. The Bertz CT molecular complexity index is 1790. The molecule has 1 fully saturated rings. The zero-order chi connectivity index (χ0) is 29.3. The monoisotopic (exact) mass is 577 g/mol. The Morgan fingerprint density at radius 1 is 1.05 bits per heavy atom. The Hall–Kier alpha value is -4.71. The highest BCUT2D eigenvalue weighted by atomic mass is 35.5. The number of nitriles is 1. The number of rotatable bonds is 7. The highest BCUT2D eigenvalue weighted by Gasteiger charge is 2.34. The van der Waals surface area contributed by atoms with Crippen LogP contribution in [0, 0.1) is 11.3 Å². The molecule has 0 aliphatic carbocycles. The van der Waals surface area contributed by atoms with Gasteiger partial charge in [0.25, 0.3) is 5.91 Å². The number of hydrogen-bond donors (Lipinski definition) is 1. The summed E-state index contributed by atoms with van der Waals surface area (Å²) in [5.41, 5.74) is 9.62. The van der Waals surface area contributed by atoms with Crippen LogP contribution in [-0.2, 0) is 12.0 Å². The summed E-state index contributed by atoms with van der Waals surface area (Å²) in [5.74, 6) is 0.997. The van der Waals surface area contributed by atoms with E-state index in [0.29, 0.717) is 46.5 Å². The maximum atomic E-state index is 14.0. The summed E-state index contributed by atoms with van der Waals surface area (Å²) < 4.78 is 11.8. The second kappa shape index (κ2) is 11.3.